The second-order valence-corrected chi connectivity index (χ2v) is 8.84. The molecule has 1 aliphatic heterocycles. The summed E-state index contributed by atoms with van der Waals surface area (Å²) in [5.41, 5.74) is -0.500. The van der Waals surface area contributed by atoms with E-state index in [1.807, 2.05) is 12.3 Å². The standard InChI is InChI=1S/C14H22N2O3S2/c1-14(6-2-7-19-10-14)16-21(17,18)13-5-8-20-12(13)9-15-11-3-4-11/h5,8,11,15-16H,2-4,6-7,9-10H2,1H3. The van der Waals surface area contributed by atoms with Gasteiger partial charge in [-0.25, -0.2) is 13.1 Å². The minimum Gasteiger partial charge on any atom is -0.380 e. The van der Waals surface area contributed by atoms with Crippen LogP contribution in [0.3, 0.4) is 0 Å². The lowest BCUT2D eigenvalue weighted by molar-refractivity contribution is 0.0386. The molecule has 0 spiro atoms. The Morgan fingerprint density at radius 2 is 2.29 bits per heavy atom. The summed E-state index contributed by atoms with van der Waals surface area (Å²) < 4.78 is 33.6. The molecule has 0 radical (unpaired) electrons. The van der Waals surface area contributed by atoms with Crippen LogP contribution in [-0.4, -0.2) is 33.2 Å². The van der Waals surface area contributed by atoms with Crippen molar-refractivity contribution >= 4 is 21.4 Å². The molecule has 2 N–H and O–H groups in total. The van der Waals surface area contributed by atoms with Gasteiger partial charge in [-0.05, 0) is 44.1 Å². The largest absolute Gasteiger partial charge is 0.380 e. The zero-order valence-corrected chi connectivity index (χ0v) is 13.9. The van der Waals surface area contributed by atoms with Crippen molar-refractivity contribution in [1.82, 2.24) is 10.0 Å². The second kappa shape index (κ2) is 5.96. The smallest absolute Gasteiger partial charge is 0.242 e. The summed E-state index contributed by atoms with van der Waals surface area (Å²) in [5, 5.41) is 5.22. The molecule has 118 valence electrons. The zero-order chi connectivity index (χ0) is 14.9. The molecule has 1 saturated heterocycles. The van der Waals surface area contributed by atoms with Crippen LogP contribution in [0.2, 0.25) is 0 Å². The lowest BCUT2D eigenvalue weighted by atomic mass is 9.97. The molecule has 7 heteroatoms. The quantitative estimate of drug-likeness (QED) is 0.835. The maximum Gasteiger partial charge on any atom is 0.242 e. The predicted octanol–water partition coefficient (Wildman–Crippen LogP) is 1.85. The van der Waals surface area contributed by atoms with Gasteiger partial charge in [0.25, 0.3) is 0 Å². The molecule has 1 aromatic rings. The molecule has 1 unspecified atom stereocenters. The number of rotatable bonds is 6. The van der Waals surface area contributed by atoms with E-state index in [-0.39, 0.29) is 0 Å². The van der Waals surface area contributed by atoms with Crippen LogP contribution in [0.4, 0.5) is 0 Å². The van der Waals surface area contributed by atoms with Crippen molar-refractivity contribution in [2.75, 3.05) is 13.2 Å². The van der Waals surface area contributed by atoms with E-state index >= 15 is 0 Å². The fourth-order valence-corrected chi connectivity index (χ4v) is 5.43. The van der Waals surface area contributed by atoms with Crippen LogP contribution in [0.1, 0.15) is 37.5 Å². The molecule has 2 aliphatic rings. The van der Waals surface area contributed by atoms with E-state index in [1.165, 1.54) is 24.2 Å². The molecule has 2 heterocycles. The third-order valence-electron chi connectivity index (χ3n) is 3.94. The maximum atomic E-state index is 12.7. The summed E-state index contributed by atoms with van der Waals surface area (Å²) in [4.78, 5) is 1.29. The predicted molar refractivity (Wildman–Crippen MR) is 83.0 cm³/mol. The molecule has 2 fully saturated rings. The van der Waals surface area contributed by atoms with Gasteiger partial charge in [-0.3, -0.25) is 0 Å². The summed E-state index contributed by atoms with van der Waals surface area (Å²) in [6.45, 7) is 3.70. The van der Waals surface area contributed by atoms with E-state index in [0.717, 1.165) is 17.7 Å². The van der Waals surface area contributed by atoms with Gasteiger partial charge in [0.2, 0.25) is 10.0 Å². The normalized spacial score (nSPS) is 26.9. The molecule has 0 aromatic carbocycles. The first-order valence-electron chi connectivity index (χ1n) is 7.40. The summed E-state index contributed by atoms with van der Waals surface area (Å²) in [6, 6.07) is 2.27. The Morgan fingerprint density at radius 3 is 2.95 bits per heavy atom. The lowest BCUT2D eigenvalue weighted by Gasteiger charge is -2.33. The van der Waals surface area contributed by atoms with Gasteiger partial charge in [0.1, 0.15) is 0 Å². The minimum atomic E-state index is -3.49. The van der Waals surface area contributed by atoms with E-state index in [0.29, 0.717) is 30.7 Å². The van der Waals surface area contributed by atoms with Crippen LogP contribution in [0.15, 0.2) is 16.3 Å². The van der Waals surface area contributed by atoms with Crippen molar-refractivity contribution in [2.45, 2.75) is 55.6 Å². The molecule has 0 bridgehead atoms. The van der Waals surface area contributed by atoms with Crippen molar-refractivity contribution in [1.29, 1.82) is 0 Å². The second-order valence-electron chi connectivity index (χ2n) is 6.19. The number of thiophene rings is 1. The average Bonchev–Trinajstić information content (AvgIpc) is 3.12. The minimum absolute atomic E-state index is 0.410. The van der Waals surface area contributed by atoms with E-state index in [2.05, 4.69) is 10.0 Å². The Labute approximate surface area is 130 Å². The Kier molecular flexibility index (Phi) is 4.38. The van der Waals surface area contributed by atoms with Gasteiger partial charge in [-0.2, -0.15) is 0 Å². The SMILES string of the molecule is CC1(NS(=O)(=O)c2ccsc2CNC2CC2)CCCOC1. The maximum absolute atomic E-state index is 12.7. The topological polar surface area (TPSA) is 67.4 Å². The van der Waals surface area contributed by atoms with E-state index in [4.69, 9.17) is 4.74 Å². The molecule has 5 nitrogen and oxygen atoms in total. The van der Waals surface area contributed by atoms with E-state index in [9.17, 15) is 8.42 Å². The van der Waals surface area contributed by atoms with Crippen LogP contribution in [0, 0.1) is 0 Å². The third kappa shape index (κ3) is 3.84. The highest BCUT2D eigenvalue weighted by atomic mass is 32.2. The highest BCUT2D eigenvalue weighted by Gasteiger charge is 2.34. The number of hydrogen-bond acceptors (Lipinski definition) is 5. The Morgan fingerprint density at radius 1 is 1.48 bits per heavy atom. The van der Waals surface area contributed by atoms with Crippen molar-refractivity contribution in [2.24, 2.45) is 0 Å². The van der Waals surface area contributed by atoms with Gasteiger partial charge in [0.05, 0.1) is 17.0 Å². The first-order chi connectivity index (χ1) is 9.99. The van der Waals surface area contributed by atoms with Gasteiger partial charge in [0.15, 0.2) is 0 Å². The summed E-state index contributed by atoms with van der Waals surface area (Å²) in [7, 11) is -3.49. The number of nitrogens with one attached hydrogen (secondary N) is 2. The van der Waals surface area contributed by atoms with Crippen molar-refractivity contribution in [3.05, 3.63) is 16.3 Å². The van der Waals surface area contributed by atoms with Crippen molar-refractivity contribution in [3.8, 4) is 0 Å². The molecule has 1 atom stereocenters. The fourth-order valence-electron chi connectivity index (χ4n) is 2.62. The van der Waals surface area contributed by atoms with E-state index in [1.54, 1.807) is 6.07 Å². The number of sulfonamides is 1. The molecule has 0 amide bonds. The number of hydrogen-bond donors (Lipinski definition) is 2. The third-order valence-corrected chi connectivity index (χ3v) is 6.71. The zero-order valence-electron chi connectivity index (χ0n) is 12.2. The first-order valence-corrected chi connectivity index (χ1v) is 9.76. The highest BCUT2D eigenvalue weighted by molar-refractivity contribution is 7.89. The number of ether oxygens (including phenoxy) is 1. The van der Waals surface area contributed by atoms with Crippen LogP contribution in [0.5, 0.6) is 0 Å². The first kappa shape index (κ1) is 15.4. The fraction of sp³-hybridized carbons (Fsp3) is 0.714. The van der Waals surface area contributed by atoms with Gasteiger partial charge in [-0.15, -0.1) is 11.3 Å². The summed E-state index contributed by atoms with van der Waals surface area (Å²) in [6.07, 6.45) is 4.09. The molecular formula is C14H22N2O3S2. The lowest BCUT2D eigenvalue weighted by Crippen LogP contribution is -2.51. The summed E-state index contributed by atoms with van der Waals surface area (Å²) in [5.74, 6) is 0. The molecule has 3 rings (SSSR count). The van der Waals surface area contributed by atoms with Gasteiger partial charge >= 0.3 is 0 Å². The molecule has 1 saturated carbocycles. The molecule has 1 aliphatic carbocycles. The Balaban J connectivity index is 1.73. The van der Waals surface area contributed by atoms with Crippen molar-refractivity contribution < 1.29 is 13.2 Å². The van der Waals surface area contributed by atoms with Crippen molar-refractivity contribution in [3.63, 3.8) is 0 Å². The van der Waals surface area contributed by atoms with Crippen LogP contribution in [0.25, 0.3) is 0 Å². The molecule has 21 heavy (non-hydrogen) atoms. The van der Waals surface area contributed by atoms with Crippen LogP contribution in [-0.2, 0) is 21.3 Å². The summed E-state index contributed by atoms with van der Waals surface area (Å²) >= 11 is 1.49. The monoisotopic (exact) mass is 330 g/mol. The van der Waals surface area contributed by atoms with Gasteiger partial charge < -0.3 is 10.1 Å². The van der Waals surface area contributed by atoms with Gasteiger partial charge in [0, 0.05) is 24.1 Å². The van der Waals surface area contributed by atoms with Crippen LogP contribution < -0.4 is 10.0 Å². The Hall–Kier alpha value is -0.470. The highest BCUT2D eigenvalue weighted by Crippen LogP contribution is 2.27. The average molecular weight is 330 g/mol. The molecule has 1 aromatic heterocycles. The molecular weight excluding hydrogens is 308 g/mol. The van der Waals surface area contributed by atoms with Crippen LogP contribution >= 0.6 is 11.3 Å². The van der Waals surface area contributed by atoms with E-state index < -0.39 is 15.6 Å². The van der Waals surface area contributed by atoms with Gasteiger partial charge in [-0.1, -0.05) is 0 Å². The Bertz CT molecular complexity index is 587.